The van der Waals surface area contributed by atoms with Gasteiger partial charge in [-0.25, -0.2) is 0 Å². The molecule has 4 nitrogen and oxygen atoms in total. The number of rotatable bonds is 4. The van der Waals surface area contributed by atoms with Crippen LogP contribution in [0, 0.1) is 11.8 Å². The molecule has 0 heterocycles. The van der Waals surface area contributed by atoms with Crippen LogP contribution in [0.3, 0.4) is 0 Å². The zero-order valence-electron chi connectivity index (χ0n) is 10.0. The molecule has 1 aromatic carbocycles. The lowest BCUT2D eigenvalue weighted by Gasteiger charge is -2.09. The summed E-state index contributed by atoms with van der Waals surface area (Å²) in [6, 6.07) is 4.94. The van der Waals surface area contributed by atoms with Gasteiger partial charge in [0, 0.05) is 24.7 Å². The number of methoxy groups -OCH3 is 1. The minimum absolute atomic E-state index is 0.181. The molecule has 0 atom stereocenters. The quantitative estimate of drug-likeness (QED) is 0.469. The van der Waals surface area contributed by atoms with Crippen LogP contribution in [0.25, 0.3) is 0 Å². The molecule has 3 N–H and O–H groups in total. The summed E-state index contributed by atoms with van der Waals surface area (Å²) in [6.07, 6.45) is 0.638. The number of nitrogen functional groups attached to an aromatic ring is 1. The van der Waals surface area contributed by atoms with Crippen LogP contribution in [0.5, 0.6) is 5.75 Å². The summed E-state index contributed by atoms with van der Waals surface area (Å²) >= 11 is 0. The van der Waals surface area contributed by atoms with Crippen molar-refractivity contribution in [2.75, 3.05) is 19.4 Å². The minimum Gasteiger partial charge on any atom is -0.496 e. The molecular weight excluding hydrogens is 216 g/mol. The van der Waals surface area contributed by atoms with Gasteiger partial charge in [0.05, 0.1) is 12.7 Å². The molecule has 0 spiro atoms. The number of carbonyl (C=O) groups is 1. The first-order chi connectivity index (χ1) is 8.19. The van der Waals surface area contributed by atoms with Gasteiger partial charge in [-0.2, -0.15) is 0 Å². The van der Waals surface area contributed by atoms with E-state index in [0.717, 1.165) is 0 Å². The Labute approximate surface area is 101 Å². The first kappa shape index (κ1) is 12.9. The van der Waals surface area contributed by atoms with E-state index in [1.165, 1.54) is 7.11 Å². The average Bonchev–Trinajstić information content (AvgIpc) is 2.34. The lowest BCUT2D eigenvalue weighted by molar-refractivity contribution is 0.0951. The number of carbonyl (C=O) groups excluding carboxylic acids is 1. The molecule has 1 aromatic rings. The lowest BCUT2D eigenvalue weighted by atomic mass is 10.1. The van der Waals surface area contributed by atoms with Crippen molar-refractivity contribution in [3.05, 3.63) is 23.8 Å². The van der Waals surface area contributed by atoms with Crippen LogP contribution >= 0.6 is 0 Å². The van der Waals surface area contributed by atoms with Gasteiger partial charge in [0.1, 0.15) is 5.75 Å². The summed E-state index contributed by atoms with van der Waals surface area (Å²) in [5, 5.41) is 2.77. The van der Waals surface area contributed by atoms with Crippen molar-refractivity contribution in [2.45, 2.75) is 13.3 Å². The molecule has 90 valence electrons. The smallest absolute Gasteiger partial charge is 0.255 e. The SMILES string of the molecule is CC#CCCNC(=O)c1ccc(N)cc1OC. The number of hydrogen-bond acceptors (Lipinski definition) is 3. The molecule has 0 unspecified atom stereocenters. The van der Waals surface area contributed by atoms with E-state index in [1.54, 1.807) is 25.1 Å². The van der Waals surface area contributed by atoms with Gasteiger partial charge in [0.15, 0.2) is 0 Å². The molecule has 0 fully saturated rings. The Balaban J connectivity index is 2.70. The summed E-state index contributed by atoms with van der Waals surface area (Å²) in [5.74, 6) is 5.94. The lowest BCUT2D eigenvalue weighted by Crippen LogP contribution is -2.24. The normalized spacial score (nSPS) is 9.06. The van der Waals surface area contributed by atoms with Crippen LogP contribution in [-0.2, 0) is 0 Å². The fraction of sp³-hybridized carbons (Fsp3) is 0.308. The van der Waals surface area contributed by atoms with Gasteiger partial charge in [-0.05, 0) is 19.1 Å². The molecule has 0 aromatic heterocycles. The Hall–Kier alpha value is -2.15. The van der Waals surface area contributed by atoms with Gasteiger partial charge in [-0.1, -0.05) is 0 Å². The number of benzene rings is 1. The van der Waals surface area contributed by atoms with E-state index in [4.69, 9.17) is 10.5 Å². The molecule has 0 bridgehead atoms. The van der Waals surface area contributed by atoms with E-state index in [1.807, 2.05) is 0 Å². The maximum Gasteiger partial charge on any atom is 0.255 e. The van der Waals surface area contributed by atoms with Crippen molar-refractivity contribution in [3.8, 4) is 17.6 Å². The molecule has 0 aliphatic rings. The minimum atomic E-state index is -0.181. The zero-order valence-corrected chi connectivity index (χ0v) is 10.0. The first-order valence-electron chi connectivity index (χ1n) is 5.30. The second-order valence-electron chi connectivity index (χ2n) is 3.39. The van der Waals surface area contributed by atoms with Gasteiger partial charge in [0.25, 0.3) is 5.91 Å². The van der Waals surface area contributed by atoms with Crippen molar-refractivity contribution in [1.29, 1.82) is 0 Å². The Morgan fingerprint density at radius 3 is 2.94 bits per heavy atom. The van der Waals surface area contributed by atoms with Crippen LogP contribution in [0.4, 0.5) is 5.69 Å². The number of anilines is 1. The third-order valence-electron chi connectivity index (χ3n) is 2.18. The second-order valence-corrected chi connectivity index (χ2v) is 3.39. The van der Waals surface area contributed by atoms with Gasteiger partial charge in [-0.15, -0.1) is 11.8 Å². The highest BCUT2D eigenvalue weighted by Crippen LogP contribution is 2.21. The van der Waals surface area contributed by atoms with E-state index in [2.05, 4.69) is 17.2 Å². The molecule has 17 heavy (non-hydrogen) atoms. The predicted octanol–water partition coefficient (Wildman–Crippen LogP) is 1.42. The van der Waals surface area contributed by atoms with Crippen LogP contribution in [0.1, 0.15) is 23.7 Å². The highest BCUT2D eigenvalue weighted by Gasteiger charge is 2.11. The van der Waals surface area contributed by atoms with Crippen molar-refractivity contribution >= 4 is 11.6 Å². The highest BCUT2D eigenvalue weighted by atomic mass is 16.5. The average molecular weight is 232 g/mol. The van der Waals surface area contributed by atoms with Gasteiger partial charge in [-0.3, -0.25) is 4.79 Å². The standard InChI is InChI=1S/C13H16N2O2/c1-3-4-5-8-15-13(16)11-7-6-10(14)9-12(11)17-2/h6-7,9H,5,8,14H2,1-2H3,(H,15,16). The summed E-state index contributed by atoms with van der Waals surface area (Å²) in [4.78, 5) is 11.8. The molecule has 4 heteroatoms. The summed E-state index contributed by atoms with van der Waals surface area (Å²) in [7, 11) is 1.51. The van der Waals surface area contributed by atoms with Crippen molar-refractivity contribution < 1.29 is 9.53 Å². The van der Waals surface area contributed by atoms with E-state index < -0.39 is 0 Å². The van der Waals surface area contributed by atoms with E-state index in [9.17, 15) is 4.79 Å². The molecular formula is C13H16N2O2. The van der Waals surface area contributed by atoms with Gasteiger partial charge < -0.3 is 15.8 Å². The number of ether oxygens (including phenoxy) is 1. The molecule has 0 aliphatic heterocycles. The van der Waals surface area contributed by atoms with E-state index in [0.29, 0.717) is 30.0 Å². The molecule has 0 radical (unpaired) electrons. The summed E-state index contributed by atoms with van der Waals surface area (Å²) < 4.78 is 5.11. The molecule has 0 saturated heterocycles. The van der Waals surface area contributed by atoms with Crippen molar-refractivity contribution in [3.63, 3.8) is 0 Å². The molecule has 0 saturated carbocycles. The molecule has 0 aliphatic carbocycles. The third kappa shape index (κ3) is 3.72. The van der Waals surface area contributed by atoms with Crippen LogP contribution in [0.2, 0.25) is 0 Å². The Bertz CT molecular complexity index is 458. The monoisotopic (exact) mass is 232 g/mol. The number of nitrogens with one attached hydrogen (secondary N) is 1. The van der Waals surface area contributed by atoms with Crippen LogP contribution in [-0.4, -0.2) is 19.6 Å². The van der Waals surface area contributed by atoms with Crippen molar-refractivity contribution in [2.24, 2.45) is 0 Å². The maximum atomic E-state index is 11.8. The Morgan fingerprint density at radius 1 is 1.53 bits per heavy atom. The Morgan fingerprint density at radius 2 is 2.29 bits per heavy atom. The largest absolute Gasteiger partial charge is 0.496 e. The summed E-state index contributed by atoms with van der Waals surface area (Å²) in [5.41, 5.74) is 6.66. The number of amides is 1. The number of hydrogen-bond donors (Lipinski definition) is 2. The fourth-order valence-electron chi connectivity index (χ4n) is 1.35. The maximum absolute atomic E-state index is 11.8. The van der Waals surface area contributed by atoms with Crippen molar-refractivity contribution in [1.82, 2.24) is 5.32 Å². The predicted molar refractivity (Wildman–Crippen MR) is 67.8 cm³/mol. The van der Waals surface area contributed by atoms with Gasteiger partial charge in [0.2, 0.25) is 0 Å². The third-order valence-corrected chi connectivity index (χ3v) is 2.18. The Kier molecular flexibility index (Phi) is 4.89. The summed E-state index contributed by atoms with van der Waals surface area (Å²) in [6.45, 7) is 2.29. The molecule has 1 amide bonds. The van der Waals surface area contributed by atoms with Crippen LogP contribution in [0.15, 0.2) is 18.2 Å². The molecule has 1 rings (SSSR count). The van der Waals surface area contributed by atoms with Crippen LogP contribution < -0.4 is 15.8 Å². The number of nitrogens with two attached hydrogens (primary N) is 1. The highest BCUT2D eigenvalue weighted by molar-refractivity contribution is 5.97. The van der Waals surface area contributed by atoms with E-state index in [-0.39, 0.29) is 5.91 Å². The zero-order chi connectivity index (χ0) is 12.7. The van der Waals surface area contributed by atoms with Gasteiger partial charge >= 0.3 is 0 Å². The van der Waals surface area contributed by atoms with E-state index >= 15 is 0 Å². The topological polar surface area (TPSA) is 64.4 Å². The first-order valence-corrected chi connectivity index (χ1v) is 5.30. The second kappa shape index (κ2) is 6.44. The fourth-order valence-corrected chi connectivity index (χ4v) is 1.35.